The number of rotatable bonds is 5. The molecular formula is C18H28N2O4S. The monoisotopic (exact) mass is 368 g/mol. The van der Waals surface area contributed by atoms with E-state index in [1.54, 1.807) is 51.8 Å². The Morgan fingerprint density at radius 1 is 1.08 bits per heavy atom. The number of benzene rings is 1. The van der Waals surface area contributed by atoms with Gasteiger partial charge >= 0.3 is 0 Å². The number of amides is 2. The predicted octanol–water partition coefficient (Wildman–Crippen LogP) is 2.16. The molecule has 0 aliphatic carbocycles. The summed E-state index contributed by atoms with van der Waals surface area (Å²) in [6.07, 6.45) is 1.15. The minimum atomic E-state index is -3.25. The van der Waals surface area contributed by atoms with Crippen LogP contribution in [0.1, 0.15) is 46.2 Å². The number of carbonyl (C=O) groups excluding carboxylic acids is 2. The van der Waals surface area contributed by atoms with Crippen molar-refractivity contribution in [2.45, 2.75) is 51.6 Å². The van der Waals surface area contributed by atoms with Crippen LogP contribution >= 0.6 is 0 Å². The van der Waals surface area contributed by atoms with Gasteiger partial charge in [0, 0.05) is 18.7 Å². The van der Waals surface area contributed by atoms with Gasteiger partial charge in [0.2, 0.25) is 11.8 Å². The van der Waals surface area contributed by atoms with Crippen molar-refractivity contribution in [3.8, 4) is 0 Å². The van der Waals surface area contributed by atoms with Crippen molar-refractivity contribution < 1.29 is 18.0 Å². The fraction of sp³-hybridized carbons (Fsp3) is 0.556. The van der Waals surface area contributed by atoms with E-state index in [2.05, 4.69) is 5.32 Å². The molecule has 6 nitrogen and oxygen atoms in total. The van der Waals surface area contributed by atoms with E-state index in [4.69, 9.17) is 0 Å². The lowest BCUT2D eigenvalue weighted by molar-refractivity contribution is -0.138. The largest absolute Gasteiger partial charge is 0.344 e. The zero-order valence-corrected chi connectivity index (χ0v) is 16.8. The molecule has 1 aromatic rings. The van der Waals surface area contributed by atoms with Gasteiger partial charge in [0.05, 0.1) is 10.9 Å². The van der Waals surface area contributed by atoms with Crippen LogP contribution in [0.4, 0.5) is 0 Å². The Hall–Kier alpha value is -1.89. The summed E-state index contributed by atoms with van der Waals surface area (Å²) in [6, 6.07) is 5.56. The first kappa shape index (κ1) is 21.2. The van der Waals surface area contributed by atoms with E-state index < -0.39 is 21.3 Å². The molecule has 1 N–H and O–H groups in total. The SMILES string of the molecule is CC(NC(=O)C(C)(C)C)C(=O)N(C)C(C)c1ccc(S(C)(=O)=O)cc1. The molecule has 0 aromatic heterocycles. The van der Waals surface area contributed by atoms with Gasteiger partial charge in [-0.05, 0) is 31.5 Å². The average Bonchev–Trinajstić information content (AvgIpc) is 2.51. The topological polar surface area (TPSA) is 83.6 Å². The molecule has 0 aliphatic heterocycles. The van der Waals surface area contributed by atoms with E-state index in [0.717, 1.165) is 11.8 Å². The first-order valence-electron chi connectivity index (χ1n) is 8.13. The van der Waals surface area contributed by atoms with Gasteiger partial charge in [0.1, 0.15) is 6.04 Å². The Morgan fingerprint density at radius 3 is 1.96 bits per heavy atom. The van der Waals surface area contributed by atoms with E-state index in [-0.39, 0.29) is 22.8 Å². The molecule has 0 aliphatic rings. The van der Waals surface area contributed by atoms with Crippen molar-refractivity contribution in [2.24, 2.45) is 5.41 Å². The minimum Gasteiger partial charge on any atom is -0.344 e. The van der Waals surface area contributed by atoms with Crippen molar-refractivity contribution in [3.05, 3.63) is 29.8 Å². The molecule has 25 heavy (non-hydrogen) atoms. The van der Waals surface area contributed by atoms with Crippen LogP contribution in [0.5, 0.6) is 0 Å². The fourth-order valence-electron chi connectivity index (χ4n) is 2.19. The molecule has 2 atom stereocenters. The number of nitrogens with zero attached hydrogens (tertiary/aromatic N) is 1. The second kappa shape index (κ2) is 7.56. The van der Waals surface area contributed by atoms with Crippen molar-refractivity contribution in [1.82, 2.24) is 10.2 Å². The van der Waals surface area contributed by atoms with Crippen LogP contribution in [0.25, 0.3) is 0 Å². The molecule has 0 saturated carbocycles. The lowest BCUT2D eigenvalue weighted by Gasteiger charge is -2.29. The second-order valence-corrected chi connectivity index (χ2v) is 9.43. The highest BCUT2D eigenvalue weighted by atomic mass is 32.2. The van der Waals surface area contributed by atoms with Crippen LogP contribution in [-0.4, -0.2) is 44.5 Å². The van der Waals surface area contributed by atoms with Gasteiger partial charge in [-0.15, -0.1) is 0 Å². The summed E-state index contributed by atoms with van der Waals surface area (Å²) < 4.78 is 23.0. The number of carbonyl (C=O) groups is 2. The number of likely N-dealkylation sites (N-methyl/N-ethyl adjacent to an activating group) is 1. The number of hydrogen-bond acceptors (Lipinski definition) is 4. The minimum absolute atomic E-state index is 0.188. The van der Waals surface area contributed by atoms with Gasteiger partial charge in [-0.1, -0.05) is 32.9 Å². The summed E-state index contributed by atoms with van der Waals surface area (Å²) in [5.74, 6) is -0.399. The van der Waals surface area contributed by atoms with Crippen molar-refractivity contribution >= 4 is 21.7 Å². The van der Waals surface area contributed by atoms with Crippen LogP contribution in [0.2, 0.25) is 0 Å². The Labute approximate surface area is 150 Å². The molecule has 1 rings (SSSR count). The molecule has 0 fully saturated rings. The summed E-state index contributed by atoms with van der Waals surface area (Å²) >= 11 is 0. The third-order valence-corrected chi connectivity index (χ3v) is 5.25. The van der Waals surface area contributed by atoms with Crippen molar-refractivity contribution in [3.63, 3.8) is 0 Å². The van der Waals surface area contributed by atoms with Crippen molar-refractivity contribution in [1.29, 1.82) is 0 Å². The molecule has 2 amide bonds. The number of sulfone groups is 1. The molecule has 0 bridgehead atoms. The Bertz CT molecular complexity index is 733. The highest BCUT2D eigenvalue weighted by Gasteiger charge is 2.28. The van der Waals surface area contributed by atoms with E-state index in [1.807, 2.05) is 6.92 Å². The molecule has 1 aromatic carbocycles. The lowest BCUT2D eigenvalue weighted by atomic mass is 9.95. The molecule has 0 radical (unpaired) electrons. The highest BCUT2D eigenvalue weighted by molar-refractivity contribution is 7.90. The molecule has 2 unspecified atom stereocenters. The maximum atomic E-state index is 12.6. The van der Waals surface area contributed by atoms with Crippen LogP contribution in [-0.2, 0) is 19.4 Å². The molecule has 0 saturated heterocycles. The summed E-state index contributed by atoms with van der Waals surface area (Å²) in [4.78, 5) is 26.4. The average molecular weight is 368 g/mol. The highest BCUT2D eigenvalue weighted by Crippen LogP contribution is 2.21. The Balaban J connectivity index is 2.86. The van der Waals surface area contributed by atoms with Crippen LogP contribution in [0, 0.1) is 5.41 Å². The second-order valence-electron chi connectivity index (χ2n) is 7.41. The molecule has 0 spiro atoms. The summed E-state index contributed by atoms with van der Waals surface area (Å²) in [5, 5.41) is 2.73. The van der Waals surface area contributed by atoms with E-state index in [0.29, 0.717) is 0 Å². The molecule has 0 heterocycles. The van der Waals surface area contributed by atoms with Gasteiger partial charge < -0.3 is 10.2 Å². The zero-order valence-electron chi connectivity index (χ0n) is 16.0. The quantitative estimate of drug-likeness (QED) is 0.863. The molecule has 7 heteroatoms. The van der Waals surface area contributed by atoms with Gasteiger partial charge in [0.15, 0.2) is 9.84 Å². The van der Waals surface area contributed by atoms with Crippen LogP contribution < -0.4 is 5.32 Å². The summed E-state index contributed by atoms with van der Waals surface area (Å²) in [7, 11) is -1.59. The summed E-state index contributed by atoms with van der Waals surface area (Å²) in [6.45, 7) is 8.87. The van der Waals surface area contributed by atoms with E-state index >= 15 is 0 Å². The van der Waals surface area contributed by atoms with Gasteiger partial charge in [0.25, 0.3) is 0 Å². The smallest absolute Gasteiger partial charge is 0.245 e. The Morgan fingerprint density at radius 2 is 1.56 bits per heavy atom. The maximum absolute atomic E-state index is 12.6. The third-order valence-electron chi connectivity index (χ3n) is 4.12. The van der Waals surface area contributed by atoms with E-state index in [1.165, 1.54) is 12.1 Å². The standard InChI is InChI=1S/C18H28N2O4S/c1-12(19-17(22)18(3,4)5)16(21)20(6)13(2)14-8-10-15(11-9-14)25(7,23)24/h8-13H,1-7H3,(H,19,22). The first-order valence-corrected chi connectivity index (χ1v) is 10.0. The maximum Gasteiger partial charge on any atom is 0.245 e. The molecular weight excluding hydrogens is 340 g/mol. The number of nitrogens with one attached hydrogen (secondary N) is 1. The summed E-state index contributed by atoms with van der Waals surface area (Å²) in [5.41, 5.74) is 0.248. The normalized spacial score (nSPS) is 14.5. The zero-order chi connectivity index (χ0) is 19.6. The van der Waals surface area contributed by atoms with Gasteiger partial charge in [-0.3, -0.25) is 9.59 Å². The van der Waals surface area contributed by atoms with E-state index in [9.17, 15) is 18.0 Å². The van der Waals surface area contributed by atoms with Crippen molar-refractivity contribution in [2.75, 3.05) is 13.3 Å². The van der Waals surface area contributed by atoms with Crippen LogP contribution in [0.3, 0.4) is 0 Å². The predicted molar refractivity (Wildman–Crippen MR) is 97.8 cm³/mol. The first-order chi connectivity index (χ1) is 11.2. The molecule has 140 valence electrons. The lowest BCUT2D eigenvalue weighted by Crippen LogP contribution is -2.49. The van der Waals surface area contributed by atoms with Gasteiger partial charge in [-0.2, -0.15) is 0 Å². The number of hydrogen-bond donors (Lipinski definition) is 1. The third kappa shape index (κ3) is 5.56. The Kier molecular flexibility index (Phi) is 6.39. The van der Waals surface area contributed by atoms with Gasteiger partial charge in [-0.25, -0.2) is 8.42 Å². The van der Waals surface area contributed by atoms with Crippen LogP contribution in [0.15, 0.2) is 29.2 Å². The fourth-order valence-corrected chi connectivity index (χ4v) is 2.82.